The molecule has 1 aliphatic heterocycles. The molecule has 11 nitrogen and oxygen atoms in total. The summed E-state index contributed by atoms with van der Waals surface area (Å²) in [6, 6.07) is 15.2. The van der Waals surface area contributed by atoms with E-state index in [0.717, 1.165) is 28.9 Å². The van der Waals surface area contributed by atoms with Gasteiger partial charge in [0.25, 0.3) is 5.91 Å². The van der Waals surface area contributed by atoms with Crippen molar-refractivity contribution in [3.8, 4) is 0 Å². The first kappa shape index (κ1) is 30.7. The van der Waals surface area contributed by atoms with Crippen molar-refractivity contribution < 1.29 is 29.1 Å². The van der Waals surface area contributed by atoms with E-state index in [-0.39, 0.29) is 37.6 Å². The van der Waals surface area contributed by atoms with Gasteiger partial charge in [0.1, 0.15) is 17.6 Å². The molecule has 2 aromatic rings. The van der Waals surface area contributed by atoms with E-state index in [1.807, 2.05) is 60.7 Å². The lowest BCUT2D eigenvalue weighted by Crippen LogP contribution is -2.56. The Labute approximate surface area is 245 Å². The van der Waals surface area contributed by atoms with Crippen LogP contribution < -0.4 is 21.3 Å². The quantitative estimate of drug-likeness (QED) is 0.214. The molecule has 1 heterocycles. The SMILES string of the molecule is CNC(=O)[C@H](Cc1ccccc1)NC(=O)[C@H](CCc1ccccc1)N[C@@H](CCN1C(=O)NC2(CCCC2)C1=O)C(=O)O. The standard InChI is InChI=1S/C31H39N5O6/c1-32-26(37)25(20-22-12-6-3-7-13-22)34-27(38)23(15-14-21-10-4-2-5-11-21)33-24(28(39)40)16-19-36-29(41)31(35-30(36)42)17-8-9-18-31/h2-7,10-13,23-25,33H,8-9,14-20H2,1H3,(H,32,37)(H,34,38)(H,35,42)(H,39,40)/t23-,24-,25-/m0/s1. The molecule has 1 spiro atoms. The number of hydrogen-bond donors (Lipinski definition) is 5. The molecule has 0 radical (unpaired) electrons. The Balaban J connectivity index is 1.47. The van der Waals surface area contributed by atoms with Crippen molar-refractivity contribution in [1.29, 1.82) is 0 Å². The van der Waals surface area contributed by atoms with E-state index in [1.54, 1.807) is 0 Å². The minimum absolute atomic E-state index is 0.0808. The number of aryl methyl sites for hydroxylation is 1. The van der Waals surface area contributed by atoms with Crippen LogP contribution >= 0.6 is 0 Å². The summed E-state index contributed by atoms with van der Waals surface area (Å²) < 4.78 is 0. The van der Waals surface area contributed by atoms with Crippen molar-refractivity contribution in [2.45, 2.75) is 75.0 Å². The van der Waals surface area contributed by atoms with Gasteiger partial charge in [-0.05, 0) is 43.2 Å². The summed E-state index contributed by atoms with van der Waals surface area (Å²) in [6.45, 7) is -0.0989. The first-order valence-corrected chi connectivity index (χ1v) is 14.5. The molecule has 0 unspecified atom stereocenters. The number of carboxylic acids is 1. The van der Waals surface area contributed by atoms with Crippen LogP contribution in [0.25, 0.3) is 0 Å². The van der Waals surface area contributed by atoms with Crippen LogP contribution in [0.5, 0.6) is 0 Å². The third-order valence-corrected chi connectivity index (χ3v) is 8.09. The van der Waals surface area contributed by atoms with E-state index in [0.29, 0.717) is 19.3 Å². The molecule has 224 valence electrons. The van der Waals surface area contributed by atoms with Gasteiger partial charge >= 0.3 is 12.0 Å². The summed E-state index contributed by atoms with van der Waals surface area (Å²) in [6.07, 6.45) is 3.76. The predicted molar refractivity (Wildman–Crippen MR) is 155 cm³/mol. The van der Waals surface area contributed by atoms with Gasteiger partial charge in [0.05, 0.1) is 6.04 Å². The monoisotopic (exact) mass is 577 g/mol. The van der Waals surface area contributed by atoms with Crippen LogP contribution in [0.3, 0.4) is 0 Å². The number of amides is 5. The maximum atomic E-state index is 13.6. The number of hydrogen-bond acceptors (Lipinski definition) is 6. The number of carboxylic acid groups (broad SMARTS) is 1. The van der Waals surface area contributed by atoms with Crippen LogP contribution in [0.4, 0.5) is 4.79 Å². The van der Waals surface area contributed by atoms with E-state index in [1.165, 1.54) is 7.05 Å². The Hall–Kier alpha value is -4.25. The highest BCUT2D eigenvalue weighted by Crippen LogP contribution is 2.35. The van der Waals surface area contributed by atoms with Crippen LogP contribution in [0, 0.1) is 0 Å². The van der Waals surface area contributed by atoms with Crippen LogP contribution in [-0.4, -0.2) is 77.0 Å². The van der Waals surface area contributed by atoms with Crippen LogP contribution in [0.2, 0.25) is 0 Å². The van der Waals surface area contributed by atoms with E-state index in [2.05, 4.69) is 21.3 Å². The highest BCUT2D eigenvalue weighted by atomic mass is 16.4. The number of imide groups is 1. The molecule has 0 aromatic heterocycles. The molecule has 2 fully saturated rings. The number of carbonyl (C=O) groups excluding carboxylic acids is 4. The normalized spacial score (nSPS) is 17.9. The number of rotatable bonds is 14. The lowest BCUT2D eigenvalue weighted by Gasteiger charge is -2.26. The smallest absolute Gasteiger partial charge is 0.325 e. The zero-order valence-corrected chi connectivity index (χ0v) is 23.8. The van der Waals surface area contributed by atoms with Crippen LogP contribution in [0.15, 0.2) is 60.7 Å². The molecular weight excluding hydrogens is 538 g/mol. The van der Waals surface area contributed by atoms with Gasteiger partial charge in [-0.3, -0.25) is 29.4 Å². The van der Waals surface area contributed by atoms with Crippen molar-refractivity contribution in [3.05, 3.63) is 71.8 Å². The number of benzene rings is 2. The molecule has 5 N–H and O–H groups in total. The van der Waals surface area contributed by atoms with Gasteiger partial charge in [0.15, 0.2) is 0 Å². The Bertz CT molecular complexity index is 1270. The highest BCUT2D eigenvalue weighted by molar-refractivity contribution is 6.07. The molecular formula is C31H39N5O6. The van der Waals surface area contributed by atoms with E-state index < -0.39 is 41.6 Å². The molecule has 11 heteroatoms. The lowest BCUT2D eigenvalue weighted by atomic mass is 9.98. The van der Waals surface area contributed by atoms with E-state index in [9.17, 15) is 29.1 Å². The number of nitrogens with one attached hydrogen (secondary N) is 4. The highest BCUT2D eigenvalue weighted by Gasteiger charge is 2.52. The van der Waals surface area contributed by atoms with Gasteiger partial charge in [-0.15, -0.1) is 0 Å². The predicted octanol–water partition coefficient (Wildman–Crippen LogP) is 1.76. The van der Waals surface area contributed by atoms with Crippen molar-refractivity contribution in [1.82, 2.24) is 26.2 Å². The molecule has 3 atom stereocenters. The zero-order valence-electron chi connectivity index (χ0n) is 23.8. The second-order valence-electron chi connectivity index (χ2n) is 11.0. The third-order valence-electron chi connectivity index (χ3n) is 8.09. The zero-order chi connectivity index (χ0) is 30.1. The summed E-state index contributed by atoms with van der Waals surface area (Å²) in [5.74, 6) is -2.41. The molecule has 5 amide bonds. The van der Waals surface area contributed by atoms with Gasteiger partial charge in [-0.2, -0.15) is 0 Å². The maximum Gasteiger partial charge on any atom is 0.325 e. The van der Waals surface area contributed by atoms with Crippen molar-refractivity contribution in [3.63, 3.8) is 0 Å². The van der Waals surface area contributed by atoms with Crippen molar-refractivity contribution in [2.75, 3.05) is 13.6 Å². The van der Waals surface area contributed by atoms with Crippen molar-refractivity contribution in [2.24, 2.45) is 0 Å². The number of nitrogens with zero attached hydrogens (tertiary/aromatic N) is 1. The molecule has 2 aliphatic rings. The second kappa shape index (κ2) is 14.1. The van der Waals surface area contributed by atoms with E-state index >= 15 is 0 Å². The summed E-state index contributed by atoms with van der Waals surface area (Å²) >= 11 is 0. The fraction of sp³-hybridized carbons (Fsp3) is 0.452. The van der Waals surface area contributed by atoms with Gasteiger partial charge in [0.2, 0.25) is 11.8 Å². The first-order chi connectivity index (χ1) is 20.2. The van der Waals surface area contributed by atoms with Crippen LogP contribution in [-0.2, 0) is 32.0 Å². The average Bonchev–Trinajstić information content (AvgIpc) is 3.56. The van der Waals surface area contributed by atoms with Gasteiger partial charge < -0.3 is 21.1 Å². The molecule has 2 aromatic carbocycles. The number of urea groups is 1. The van der Waals surface area contributed by atoms with Gasteiger partial charge in [-0.25, -0.2) is 4.79 Å². The van der Waals surface area contributed by atoms with Crippen LogP contribution in [0.1, 0.15) is 49.7 Å². The topological polar surface area (TPSA) is 157 Å². The molecule has 0 bridgehead atoms. The number of likely N-dealkylation sites (N-methyl/N-ethyl adjacent to an activating group) is 1. The first-order valence-electron chi connectivity index (χ1n) is 14.5. The number of carbonyl (C=O) groups is 5. The Kier molecular flexibility index (Phi) is 10.3. The average molecular weight is 578 g/mol. The fourth-order valence-electron chi connectivity index (χ4n) is 5.73. The molecule has 1 saturated heterocycles. The lowest BCUT2D eigenvalue weighted by molar-refractivity contribution is -0.141. The third kappa shape index (κ3) is 7.52. The van der Waals surface area contributed by atoms with E-state index in [4.69, 9.17) is 0 Å². The minimum Gasteiger partial charge on any atom is -0.480 e. The summed E-state index contributed by atoms with van der Waals surface area (Å²) in [5, 5.41) is 21.2. The largest absolute Gasteiger partial charge is 0.480 e. The minimum atomic E-state index is -1.22. The maximum absolute atomic E-state index is 13.6. The molecule has 1 aliphatic carbocycles. The van der Waals surface area contributed by atoms with Gasteiger partial charge in [-0.1, -0.05) is 73.5 Å². The molecule has 4 rings (SSSR count). The Morgan fingerprint density at radius 3 is 2.10 bits per heavy atom. The van der Waals surface area contributed by atoms with Gasteiger partial charge in [0, 0.05) is 20.0 Å². The molecule has 1 saturated carbocycles. The summed E-state index contributed by atoms with van der Waals surface area (Å²) in [7, 11) is 1.49. The fourth-order valence-corrected chi connectivity index (χ4v) is 5.73. The molecule has 42 heavy (non-hydrogen) atoms. The summed E-state index contributed by atoms with van der Waals surface area (Å²) in [5.41, 5.74) is 0.948. The second-order valence-corrected chi connectivity index (χ2v) is 11.0. The Morgan fingerprint density at radius 2 is 1.50 bits per heavy atom. The van der Waals surface area contributed by atoms with Crippen molar-refractivity contribution >= 4 is 29.7 Å². The Morgan fingerprint density at radius 1 is 0.881 bits per heavy atom. The summed E-state index contributed by atoms with van der Waals surface area (Å²) in [4.78, 5) is 65.3. The number of aliphatic carboxylic acids is 1.